The third-order valence-corrected chi connectivity index (χ3v) is 7.29. The van der Waals surface area contributed by atoms with Crippen molar-refractivity contribution in [2.75, 3.05) is 6.61 Å². The number of nitrogens with zero attached hydrogens (tertiary/aromatic N) is 1. The minimum Gasteiger partial charge on any atom is -0.446 e. The predicted octanol–water partition coefficient (Wildman–Crippen LogP) is 5.21. The first-order valence-electron chi connectivity index (χ1n) is 10.4. The summed E-state index contributed by atoms with van der Waals surface area (Å²) in [7, 11) is 0. The second-order valence-corrected chi connectivity index (χ2v) is 9.89. The Kier molecular flexibility index (Phi) is 4.16. The number of fused-ring (bicyclic) bond motifs is 3. The van der Waals surface area contributed by atoms with Crippen LogP contribution in [0.2, 0.25) is 0 Å². The zero-order valence-corrected chi connectivity index (χ0v) is 17.5. The summed E-state index contributed by atoms with van der Waals surface area (Å²) in [6.07, 6.45) is 2.82. The quantitative estimate of drug-likeness (QED) is 0.716. The van der Waals surface area contributed by atoms with Crippen LogP contribution in [0.15, 0.2) is 24.3 Å². The highest BCUT2D eigenvalue weighted by atomic mass is 16.6. The van der Waals surface area contributed by atoms with E-state index in [1.54, 1.807) is 4.90 Å². The highest BCUT2D eigenvalue weighted by molar-refractivity contribution is 5.70. The molecule has 3 aliphatic rings. The van der Waals surface area contributed by atoms with Crippen LogP contribution in [0.1, 0.15) is 77.8 Å². The summed E-state index contributed by atoms with van der Waals surface area (Å²) in [4.78, 5) is 15.0. The van der Waals surface area contributed by atoms with Crippen LogP contribution in [0.3, 0.4) is 0 Å². The van der Waals surface area contributed by atoms with Crippen LogP contribution < -0.4 is 0 Å². The van der Waals surface area contributed by atoms with Gasteiger partial charge in [-0.15, -0.1) is 0 Å². The first-order valence-corrected chi connectivity index (χ1v) is 10.4. The second-order valence-electron chi connectivity index (χ2n) is 9.89. The van der Waals surface area contributed by atoms with Crippen molar-refractivity contribution in [3.05, 3.63) is 35.4 Å². The van der Waals surface area contributed by atoms with Crippen molar-refractivity contribution < 1.29 is 14.3 Å². The van der Waals surface area contributed by atoms with E-state index in [0.717, 1.165) is 19.3 Å². The van der Waals surface area contributed by atoms with Crippen molar-refractivity contribution >= 4 is 6.09 Å². The zero-order chi connectivity index (χ0) is 19.6. The number of amides is 1. The average Bonchev–Trinajstić information content (AvgIpc) is 3.13. The van der Waals surface area contributed by atoms with Crippen LogP contribution in [0.4, 0.5) is 4.79 Å². The van der Waals surface area contributed by atoms with Crippen molar-refractivity contribution in [2.45, 2.75) is 89.5 Å². The van der Waals surface area contributed by atoms with Crippen LogP contribution in [0, 0.1) is 5.92 Å². The molecular weight excluding hydrogens is 338 g/mol. The number of ether oxygens (including phenoxy) is 2. The van der Waals surface area contributed by atoms with Gasteiger partial charge in [-0.1, -0.05) is 38.1 Å². The molecule has 0 N–H and O–H groups in total. The lowest BCUT2D eigenvalue weighted by Crippen LogP contribution is -2.53. The normalized spacial score (nSPS) is 35.8. The first-order chi connectivity index (χ1) is 12.6. The van der Waals surface area contributed by atoms with Gasteiger partial charge in [0, 0.05) is 5.92 Å². The summed E-state index contributed by atoms with van der Waals surface area (Å²) in [6, 6.07) is 8.83. The monoisotopic (exact) mass is 371 g/mol. The van der Waals surface area contributed by atoms with Crippen molar-refractivity contribution in [3.8, 4) is 0 Å². The van der Waals surface area contributed by atoms with Gasteiger partial charge in [0.15, 0.2) is 0 Å². The maximum absolute atomic E-state index is 13.2. The van der Waals surface area contributed by atoms with E-state index in [4.69, 9.17) is 9.47 Å². The van der Waals surface area contributed by atoms with Crippen molar-refractivity contribution in [1.29, 1.82) is 0 Å². The lowest BCUT2D eigenvalue weighted by Gasteiger charge is -2.38. The molecule has 0 bridgehead atoms. The Bertz CT molecular complexity index is 740. The molecule has 0 unspecified atom stereocenters. The second kappa shape index (κ2) is 5.97. The fraction of sp³-hybridized carbons (Fsp3) is 0.696. The summed E-state index contributed by atoms with van der Waals surface area (Å²) < 4.78 is 12.1. The molecule has 4 rings (SSSR count). The lowest BCUT2D eigenvalue weighted by atomic mass is 9.76. The molecule has 1 aromatic carbocycles. The van der Waals surface area contributed by atoms with E-state index in [1.807, 2.05) is 27.7 Å². The third-order valence-electron chi connectivity index (χ3n) is 7.29. The molecule has 2 fully saturated rings. The molecule has 27 heavy (non-hydrogen) atoms. The Morgan fingerprint density at radius 3 is 2.56 bits per heavy atom. The van der Waals surface area contributed by atoms with Gasteiger partial charge < -0.3 is 9.47 Å². The van der Waals surface area contributed by atoms with E-state index >= 15 is 0 Å². The molecule has 148 valence electrons. The molecule has 0 radical (unpaired) electrons. The van der Waals surface area contributed by atoms with E-state index in [-0.39, 0.29) is 23.2 Å². The van der Waals surface area contributed by atoms with E-state index in [0.29, 0.717) is 18.4 Å². The Labute approximate surface area is 163 Å². The Morgan fingerprint density at radius 2 is 1.93 bits per heavy atom. The highest BCUT2D eigenvalue weighted by Gasteiger charge is 2.58. The van der Waals surface area contributed by atoms with E-state index in [2.05, 4.69) is 38.1 Å². The van der Waals surface area contributed by atoms with Crippen LogP contribution in [-0.2, 0) is 14.9 Å². The van der Waals surface area contributed by atoms with Crippen LogP contribution in [0.25, 0.3) is 0 Å². The molecule has 4 heteroatoms. The zero-order valence-electron chi connectivity index (χ0n) is 17.5. The molecule has 1 aromatic rings. The smallest absolute Gasteiger partial charge is 0.412 e. The van der Waals surface area contributed by atoms with Gasteiger partial charge in [-0.3, -0.25) is 4.90 Å². The molecule has 4 atom stereocenters. The summed E-state index contributed by atoms with van der Waals surface area (Å²) in [5.41, 5.74) is 2.04. The van der Waals surface area contributed by atoms with Gasteiger partial charge in [0.2, 0.25) is 0 Å². The van der Waals surface area contributed by atoms with Gasteiger partial charge in [0.25, 0.3) is 0 Å². The van der Waals surface area contributed by atoms with Crippen LogP contribution >= 0.6 is 0 Å². The van der Waals surface area contributed by atoms with Gasteiger partial charge in [-0.2, -0.15) is 0 Å². The number of hydrogen-bond donors (Lipinski definition) is 0. The summed E-state index contributed by atoms with van der Waals surface area (Å²) in [5.74, 6) is 0.820. The van der Waals surface area contributed by atoms with Crippen molar-refractivity contribution in [2.24, 2.45) is 5.92 Å². The maximum Gasteiger partial charge on any atom is 0.412 e. The Morgan fingerprint density at radius 1 is 1.22 bits per heavy atom. The predicted molar refractivity (Wildman–Crippen MR) is 106 cm³/mol. The van der Waals surface area contributed by atoms with Crippen molar-refractivity contribution in [3.63, 3.8) is 0 Å². The van der Waals surface area contributed by atoms with Crippen molar-refractivity contribution in [1.82, 2.24) is 4.90 Å². The average molecular weight is 372 g/mol. The van der Waals surface area contributed by atoms with Gasteiger partial charge in [-0.05, 0) is 69.4 Å². The van der Waals surface area contributed by atoms with E-state index in [9.17, 15) is 4.79 Å². The molecule has 1 aliphatic heterocycles. The number of hydrogen-bond acceptors (Lipinski definition) is 3. The van der Waals surface area contributed by atoms with E-state index < -0.39 is 5.72 Å². The Hall–Kier alpha value is -1.55. The number of carbonyl (C=O) groups excluding carboxylic acids is 1. The van der Waals surface area contributed by atoms with Crippen LogP contribution in [0.5, 0.6) is 0 Å². The number of benzene rings is 1. The third kappa shape index (κ3) is 2.63. The molecular formula is C23H33NO3. The summed E-state index contributed by atoms with van der Waals surface area (Å²) in [6.45, 7) is 13.1. The fourth-order valence-electron chi connectivity index (χ4n) is 6.22. The minimum absolute atomic E-state index is 0.0351. The fourth-order valence-corrected chi connectivity index (χ4v) is 6.22. The molecule has 1 heterocycles. The van der Waals surface area contributed by atoms with Gasteiger partial charge in [0.05, 0.1) is 12.1 Å². The Balaban J connectivity index is 1.61. The highest BCUT2D eigenvalue weighted by Crippen LogP contribution is 2.60. The first kappa shape index (κ1) is 18.8. The molecule has 0 aromatic heterocycles. The van der Waals surface area contributed by atoms with E-state index in [1.165, 1.54) is 11.1 Å². The molecule has 2 aliphatic carbocycles. The van der Waals surface area contributed by atoms with Gasteiger partial charge in [-0.25, -0.2) is 4.79 Å². The number of carbonyl (C=O) groups is 1. The SMILES string of the molecule is CC[C@H]1c2ccccc2[C@]2(C)CC[C@@H](OC(=O)N3C(C)(C)COC3(C)C)[C@H]12. The minimum atomic E-state index is -0.634. The summed E-state index contributed by atoms with van der Waals surface area (Å²) >= 11 is 0. The molecule has 1 amide bonds. The standard InChI is InChI=1S/C23H33NO3/c1-7-15-16-10-8-9-11-17(16)23(6)13-12-18(19(15)23)27-20(25)24-21(2,3)14-26-22(24,4)5/h8-11,15,18-19H,7,12-14H2,1-6H3/t15-,18+,19-,23-/m0/s1. The topological polar surface area (TPSA) is 38.8 Å². The molecule has 4 nitrogen and oxygen atoms in total. The molecule has 1 saturated heterocycles. The largest absolute Gasteiger partial charge is 0.446 e. The maximum atomic E-state index is 13.2. The molecule has 0 spiro atoms. The summed E-state index contributed by atoms with van der Waals surface area (Å²) in [5, 5.41) is 0. The van der Waals surface area contributed by atoms with Gasteiger partial charge >= 0.3 is 6.09 Å². The van der Waals surface area contributed by atoms with Crippen LogP contribution in [-0.4, -0.2) is 35.0 Å². The van der Waals surface area contributed by atoms with Gasteiger partial charge in [0.1, 0.15) is 11.8 Å². The lowest BCUT2D eigenvalue weighted by molar-refractivity contribution is -0.0629. The number of rotatable bonds is 2. The molecule has 1 saturated carbocycles.